The van der Waals surface area contributed by atoms with Crippen LogP contribution in [0.3, 0.4) is 0 Å². The van der Waals surface area contributed by atoms with Gasteiger partial charge in [0.05, 0.1) is 11.1 Å². The largest absolute Gasteiger partial charge is 0.368 e. The van der Waals surface area contributed by atoms with Gasteiger partial charge in [-0.2, -0.15) is 0 Å². The van der Waals surface area contributed by atoms with Crippen LogP contribution in [-0.2, 0) is 27.2 Å². The first kappa shape index (κ1) is 40.8. The number of hydrogen-bond donors (Lipinski definition) is 1. The van der Waals surface area contributed by atoms with Gasteiger partial charge in [-0.25, -0.2) is 4.39 Å². The Morgan fingerprint density at radius 1 is 0.780 bits per heavy atom. The monoisotopic (exact) mass is 804 g/mol. The molecule has 12 heteroatoms. The number of anilines is 1. The predicted octanol–water partition coefficient (Wildman–Crippen LogP) is 5.87. The van der Waals surface area contributed by atoms with Crippen LogP contribution in [0.25, 0.3) is 0 Å². The second-order valence-corrected chi connectivity index (χ2v) is 17.4. The molecule has 1 aliphatic carbocycles. The summed E-state index contributed by atoms with van der Waals surface area (Å²) >= 11 is 0. The third kappa shape index (κ3) is 8.57. The van der Waals surface area contributed by atoms with Crippen molar-refractivity contribution in [3.8, 4) is 0 Å². The van der Waals surface area contributed by atoms with Gasteiger partial charge in [-0.05, 0) is 99.6 Å². The Morgan fingerprint density at radius 3 is 2.24 bits per heavy atom. The predicted molar refractivity (Wildman–Crippen MR) is 224 cm³/mol. The van der Waals surface area contributed by atoms with Crippen LogP contribution >= 0.6 is 0 Å². The lowest BCUT2D eigenvalue weighted by molar-refractivity contribution is -0.136. The number of imide groups is 2. The van der Waals surface area contributed by atoms with E-state index in [1.165, 1.54) is 11.3 Å². The summed E-state index contributed by atoms with van der Waals surface area (Å²) in [6.07, 6.45) is 9.57. The first-order valence-electron chi connectivity index (χ1n) is 21.7. The van der Waals surface area contributed by atoms with Gasteiger partial charge in [0, 0.05) is 81.4 Å². The molecule has 4 heterocycles. The zero-order chi connectivity index (χ0) is 41.2. The molecule has 3 fully saturated rings. The van der Waals surface area contributed by atoms with Gasteiger partial charge in [0.25, 0.3) is 11.8 Å². The van der Waals surface area contributed by atoms with Crippen molar-refractivity contribution in [3.63, 3.8) is 0 Å². The molecule has 5 aliphatic rings. The van der Waals surface area contributed by atoms with Gasteiger partial charge < -0.3 is 14.7 Å². The normalized spacial score (nSPS) is 23.4. The van der Waals surface area contributed by atoms with Crippen LogP contribution in [0, 0.1) is 5.82 Å². The maximum Gasteiger partial charge on any atom is 0.262 e. The van der Waals surface area contributed by atoms with E-state index in [1.54, 1.807) is 18.2 Å². The van der Waals surface area contributed by atoms with Crippen molar-refractivity contribution in [2.45, 2.75) is 101 Å². The van der Waals surface area contributed by atoms with Crippen LogP contribution in [0.15, 0.2) is 60.7 Å². The molecule has 0 bridgehead atoms. The highest BCUT2D eigenvalue weighted by molar-refractivity contribution is 6.23. The van der Waals surface area contributed by atoms with Gasteiger partial charge >= 0.3 is 0 Å². The Bertz CT molecular complexity index is 2080. The fourth-order valence-electron chi connectivity index (χ4n) is 10.2. The Kier molecular flexibility index (Phi) is 12.3. The van der Waals surface area contributed by atoms with Gasteiger partial charge in [0.2, 0.25) is 17.7 Å². The molecule has 1 N–H and O–H groups in total. The minimum Gasteiger partial charge on any atom is -0.368 e. The number of nitrogens with one attached hydrogen (secondary N) is 1. The topological polar surface area (TPSA) is 114 Å². The SMILES string of the molecule is CN(C)[C@H]1CN(C2CCc3cccc(F)c32)C[C@@H]1c1ccc(N2CCN(C(=O)CCCCCCCCc3ccc4c(c3)C(=O)N(C3CCC(=O)NC3=O)C4=O)CC2)cc1. The fraction of sp³-hybridized carbons (Fsp3) is 0.511. The van der Waals surface area contributed by atoms with Crippen molar-refractivity contribution >= 4 is 35.2 Å². The molecule has 0 radical (unpaired) electrons. The smallest absolute Gasteiger partial charge is 0.262 e. The molecule has 4 atom stereocenters. The molecule has 0 spiro atoms. The molecule has 0 saturated carbocycles. The average Bonchev–Trinajstić information content (AvgIpc) is 3.94. The summed E-state index contributed by atoms with van der Waals surface area (Å²) in [5.74, 6) is -1.42. The molecular weight excluding hydrogens is 748 g/mol. The Balaban J connectivity index is 0.723. The van der Waals surface area contributed by atoms with Crippen molar-refractivity contribution < 1.29 is 28.4 Å². The lowest BCUT2D eigenvalue weighted by Crippen LogP contribution is -2.54. The highest BCUT2D eigenvalue weighted by Crippen LogP contribution is 2.43. The van der Waals surface area contributed by atoms with Gasteiger partial charge in [-0.1, -0.05) is 56.0 Å². The number of fused-ring (bicyclic) bond motifs is 2. The number of likely N-dealkylation sites (tertiary alicyclic amines) is 1. The summed E-state index contributed by atoms with van der Waals surface area (Å²) in [6, 6.07) is 19.4. The third-order valence-corrected chi connectivity index (χ3v) is 13.5. The molecule has 312 valence electrons. The molecule has 8 rings (SSSR count). The van der Waals surface area contributed by atoms with Gasteiger partial charge in [0.1, 0.15) is 11.9 Å². The van der Waals surface area contributed by atoms with Crippen LogP contribution in [0.5, 0.6) is 0 Å². The highest BCUT2D eigenvalue weighted by atomic mass is 19.1. The maximum atomic E-state index is 14.9. The fourth-order valence-corrected chi connectivity index (χ4v) is 10.2. The summed E-state index contributed by atoms with van der Waals surface area (Å²) < 4.78 is 14.9. The van der Waals surface area contributed by atoms with Crippen LogP contribution in [-0.4, -0.2) is 115 Å². The van der Waals surface area contributed by atoms with E-state index >= 15 is 0 Å². The van der Waals surface area contributed by atoms with E-state index in [2.05, 4.69) is 64.4 Å². The number of nitrogens with zero attached hydrogens (tertiary/aromatic N) is 5. The molecular formula is C47H57FN6O5. The number of hydrogen-bond acceptors (Lipinski definition) is 8. The number of aryl methyl sites for hydroxylation is 2. The van der Waals surface area contributed by atoms with Crippen molar-refractivity contribution in [1.82, 2.24) is 24.9 Å². The molecule has 11 nitrogen and oxygen atoms in total. The Hall–Kier alpha value is -4.94. The summed E-state index contributed by atoms with van der Waals surface area (Å²) in [6.45, 7) is 4.96. The van der Waals surface area contributed by atoms with Crippen molar-refractivity contribution in [2.24, 2.45) is 0 Å². The lowest BCUT2D eigenvalue weighted by atomic mass is 9.93. The number of halogens is 1. The number of unbranched alkanes of at least 4 members (excludes halogenated alkanes) is 5. The minimum atomic E-state index is -0.956. The number of carbonyl (C=O) groups excluding carboxylic acids is 5. The van der Waals surface area contributed by atoms with Gasteiger partial charge in [0.15, 0.2) is 0 Å². The standard InChI is InChI=1S/C47H57FN6O5/c1-50(2)41-30-53(39-21-17-33-11-9-12-38(48)44(33)39)29-37(41)32-15-18-34(19-16-32)51-24-26-52(27-25-51)43(56)13-8-6-4-3-5-7-10-31-14-20-35-36(28-31)47(59)54(46(35)58)40-22-23-42(55)49-45(40)57/h9,11-12,14-16,18-20,28,37,39-41H,3-8,10,13,17,21-27,29-30H2,1-2H3,(H,49,55,57)/t37-,39?,40?,41+/m1/s1. The molecule has 3 aromatic rings. The number of amides is 5. The number of benzene rings is 3. The number of rotatable bonds is 14. The third-order valence-electron chi connectivity index (χ3n) is 13.5. The molecule has 4 aliphatic heterocycles. The maximum absolute atomic E-state index is 14.9. The number of likely N-dealkylation sites (N-methyl/N-ethyl adjacent to an activating group) is 1. The summed E-state index contributed by atoms with van der Waals surface area (Å²) in [4.78, 5) is 73.3. The van der Waals surface area contributed by atoms with Crippen molar-refractivity contribution in [1.29, 1.82) is 0 Å². The summed E-state index contributed by atoms with van der Waals surface area (Å²) in [5, 5.41) is 2.23. The van der Waals surface area contributed by atoms with E-state index in [-0.39, 0.29) is 36.5 Å². The van der Waals surface area contributed by atoms with E-state index in [9.17, 15) is 28.4 Å². The van der Waals surface area contributed by atoms with Crippen LogP contribution in [0.1, 0.15) is 119 Å². The number of carbonyl (C=O) groups is 5. The van der Waals surface area contributed by atoms with Crippen LogP contribution < -0.4 is 10.2 Å². The van der Waals surface area contributed by atoms with Crippen molar-refractivity contribution in [3.05, 3.63) is 99.9 Å². The Morgan fingerprint density at radius 2 is 1.49 bits per heavy atom. The second-order valence-electron chi connectivity index (χ2n) is 17.4. The summed E-state index contributed by atoms with van der Waals surface area (Å²) in [5.41, 5.74) is 6.20. The first-order valence-corrected chi connectivity index (χ1v) is 21.7. The van der Waals surface area contributed by atoms with Crippen molar-refractivity contribution in [2.75, 3.05) is 58.3 Å². The molecule has 59 heavy (non-hydrogen) atoms. The molecule has 3 aromatic carbocycles. The first-order chi connectivity index (χ1) is 28.6. The van der Waals surface area contributed by atoms with Gasteiger partial charge in [-0.15, -0.1) is 0 Å². The summed E-state index contributed by atoms with van der Waals surface area (Å²) in [7, 11) is 4.31. The number of piperazine rings is 1. The highest BCUT2D eigenvalue weighted by Gasteiger charge is 2.45. The van der Waals surface area contributed by atoms with Gasteiger partial charge in [-0.3, -0.25) is 39.1 Å². The minimum absolute atomic E-state index is 0.0679. The molecule has 3 saturated heterocycles. The molecule has 2 unspecified atom stereocenters. The quantitative estimate of drug-likeness (QED) is 0.159. The average molecular weight is 805 g/mol. The molecule has 0 aromatic heterocycles. The van der Waals surface area contributed by atoms with E-state index in [0.29, 0.717) is 29.5 Å². The van der Waals surface area contributed by atoms with E-state index in [4.69, 9.17) is 0 Å². The Labute approximate surface area is 346 Å². The van der Waals surface area contributed by atoms with Crippen LogP contribution in [0.2, 0.25) is 0 Å². The van der Waals surface area contributed by atoms with E-state index in [0.717, 1.165) is 119 Å². The lowest BCUT2D eigenvalue weighted by Gasteiger charge is -2.36. The van der Waals surface area contributed by atoms with E-state index < -0.39 is 23.8 Å². The zero-order valence-corrected chi connectivity index (χ0v) is 34.5. The zero-order valence-electron chi connectivity index (χ0n) is 34.5. The molecule has 5 amide bonds. The van der Waals surface area contributed by atoms with Crippen LogP contribution in [0.4, 0.5) is 10.1 Å². The number of piperidine rings is 1. The second kappa shape index (κ2) is 17.7. The van der Waals surface area contributed by atoms with E-state index in [1.807, 2.05) is 17.0 Å².